The van der Waals surface area contributed by atoms with Gasteiger partial charge < -0.3 is 4.57 Å². The Balaban J connectivity index is 2.73. The van der Waals surface area contributed by atoms with Crippen molar-refractivity contribution < 1.29 is 4.79 Å². The third-order valence-corrected chi connectivity index (χ3v) is 3.51. The van der Waals surface area contributed by atoms with Crippen LogP contribution in [0.5, 0.6) is 0 Å². The van der Waals surface area contributed by atoms with Gasteiger partial charge in [0.05, 0.1) is 15.6 Å². The van der Waals surface area contributed by atoms with Crippen LogP contribution in [0.4, 0.5) is 0 Å². The van der Waals surface area contributed by atoms with Crippen molar-refractivity contribution in [3.05, 3.63) is 66.4 Å². The largest absolute Gasteiger partial charge is 0.330 e. The molecule has 20 heavy (non-hydrogen) atoms. The van der Waals surface area contributed by atoms with Crippen LogP contribution in [0, 0.1) is 0 Å². The van der Waals surface area contributed by atoms with Gasteiger partial charge in [0, 0.05) is 20.3 Å². The second-order valence-electron chi connectivity index (χ2n) is 4.23. The lowest BCUT2D eigenvalue weighted by Gasteiger charge is -2.08. The molecule has 0 fully saturated rings. The summed E-state index contributed by atoms with van der Waals surface area (Å²) in [6.07, 6.45) is 1.19. The Labute approximate surface area is 124 Å². The fourth-order valence-corrected chi connectivity index (χ4v) is 2.38. The minimum Gasteiger partial charge on any atom is -0.303 e. The van der Waals surface area contributed by atoms with E-state index in [9.17, 15) is 14.4 Å². The number of halogens is 2. The molecule has 104 valence electrons. The van der Waals surface area contributed by atoms with Crippen molar-refractivity contribution in [2.45, 2.75) is 0 Å². The summed E-state index contributed by atoms with van der Waals surface area (Å²) in [5.41, 5.74) is -1.32. The van der Waals surface area contributed by atoms with Crippen LogP contribution in [0.1, 0.15) is 15.9 Å². The molecule has 7 heteroatoms. The predicted molar refractivity (Wildman–Crippen MR) is 76.8 cm³/mol. The van der Waals surface area contributed by atoms with Crippen molar-refractivity contribution in [1.29, 1.82) is 0 Å². The normalized spacial score (nSPS) is 10.6. The van der Waals surface area contributed by atoms with E-state index in [-0.39, 0.29) is 21.2 Å². The summed E-state index contributed by atoms with van der Waals surface area (Å²) in [6.45, 7) is 0. The van der Waals surface area contributed by atoms with Crippen LogP contribution in [-0.2, 0) is 14.1 Å². The Morgan fingerprint density at radius 1 is 1.10 bits per heavy atom. The van der Waals surface area contributed by atoms with Gasteiger partial charge in [0.15, 0.2) is 0 Å². The van der Waals surface area contributed by atoms with Gasteiger partial charge in [-0.3, -0.25) is 14.2 Å². The fourth-order valence-electron chi connectivity index (χ4n) is 1.81. The zero-order chi connectivity index (χ0) is 15.0. The first-order valence-corrected chi connectivity index (χ1v) is 6.35. The van der Waals surface area contributed by atoms with Crippen molar-refractivity contribution in [2.75, 3.05) is 0 Å². The lowest BCUT2D eigenvalue weighted by atomic mass is 10.1. The van der Waals surface area contributed by atoms with Crippen LogP contribution in [0.2, 0.25) is 10.0 Å². The lowest BCUT2D eigenvalue weighted by Crippen LogP contribution is -2.39. The van der Waals surface area contributed by atoms with Gasteiger partial charge in [0.1, 0.15) is 5.56 Å². The minimum absolute atomic E-state index is 0.0478. The molecule has 1 aromatic heterocycles. The average Bonchev–Trinajstić information content (AvgIpc) is 2.40. The van der Waals surface area contributed by atoms with Crippen LogP contribution in [-0.4, -0.2) is 14.9 Å². The number of ketones is 1. The molecule has 0 spiro atoms. The van der Waals surface area contributed by atoms with Gasteiger partial charge in [-0.1, -0.05) is 29.3 Å². The Hall–Kier alpha value is -1.85. The van der Waals surface area contributed by atoms with Crippen LogP contribution >= 0.6 is 23.2 Å². The predicted octanol–water partition coefficient (Wildman–Crippen LogP) is 1.62. The van der Waals surface area contributed by atoms with Gasteiger partial charge in [0.25, 0.3) is 5.56 Å². The van der Waals surface area contributed by atoms with E-state index in [4.69, 9.17) is 23.2 Å². The van der Waals surface area contributed by atoms with E-state index in [1.165, 1.54) is 32.4 Å². The summed E-state index contributed by atoms with van der Waals surface area (Å²) in [7, 11) is 2.75. The molecular weight excluding hydrogens is 303 g/mol. The van der Waals surface area contributed by atoms with Crippen LogP contribution in [0.25, 0.3) is 0 Å². The number of benzene rings is 1. The molecule has 0 unspecified atom stereocenters. The van der Waals surface area contributed by atoms with E-state index in [0.29, 0.717) is 0 Å². The molecule has 0 saturated carbocycles. The van der Waals surface area contributed by atoms with E-state index in [2.05, 4.69) is 0 Å². The van der Waals surface area contributed by atoms with Crippen molar-refractivity contribution in [1.82, 2.24) is 9.13 Å². The number of carbonyl (C=O) groups is 1. The third kappa shape index (κ3) is 2.30. The Kier molecular flexibility index (Phi) is 3.83. The summed E-state index contributed by atoms with van der Waals surface area (Å²) in [5.74, 6) is -0.614. The van der Waals surface area contributed by atoms with Crippen LogP contribution in [0.3, 0.4) is 0 Å². The van der Waals surface area contributed by atoms with Gasteiger partial charge in [-0.2, -0.15) is 0 Å². The summed E-state index contributed by atoms with van der Waals surface area (Å²) in [6, 6.07) is 4.61. The third-order valence-electron chi connectivity index (χ3n) is 2.88. The molecule has 2 rings (SSSR count). The first-order valence-electron chi connectivity index (χ1n) is 5.60. The van der Waals surface area contributed by atoms with Gasteiger partial charge >= 0.3 is 5.69 Å². The molecule has 5 nitrogen and oxygen atoms in total. The van der Waals surface area contributed by atoms with Crippen molar-refractivity contribution in [3.8, 4) is 0 Å². The maximum atomic E-state index is 12.4. The number of carbonyl (C=O) groups excluding carboxylic acids is 1. The lowest BCUT2D eigenvalue weighted by molar-refractivity contribution is 0.103. The molecule has 0 amide bonds. The zero-order valence-electron chi connectivity index (χ0n) is 10.7. The average molecular weight is 313 g/mol. The van der Waals surface area contributed by atoms with E-state index in [1.807, 2.05) is 0 Å². The highest BCUT2D eigenvalue weighted by molar-refractivity contribution is 6.40. The molecule has 0 aliphatic carbocycles. The van der Waals surface area contributed by atoms with Gasteiger partial charge in [-0.25, -0.2) is 4.79 Å². The maximum absolute atomic E-state index is 12.4. The van der Waals surface area contributed by atoms with E-state index >= 15 is 0 Å². The first kappa shape index (κ1) is 14.6. The fraction of sp³-hybridized carbons (Fsp3) is 0.154. The van der Waals surface area contributed by atoms with Gasteiger partial charge in [0.2, 0.25) is 5.78 Å². The molecule has 0 aliphatic heterocycles. The molecule has 1 heterocycles. The second kappa shape index (κ2) is 5.26. The number of nitrogens with zero attached hydrogens (tertiary/aromatic N) is 2. The summed E-state index contributed by atoms with van der Waals surface area (Å²) in [5, 5.41) is 0.303. The highest BCUT2D eigenvalue weighted by Gasteiger charge is 2.21. The quantitative estimate of drug-likeness (QED) is 0.792. The number of aromatic nitrogens is 2. The van der Waals surface area contributed by atoms with Gasteiger partial charge in [-0.05, 0) is 12.1 Å². The molecular formula is C13H10Cl2N2O3. The van der Waals surface area contributed by atoms with Crippen LogP contribution < -0.4 is 11.2 Å². The van der Waals surface area contributed by atoms with E-state index in [0.717, 1.165) is 9.13 Å². The van der Waals surface area contributed by atoms with Crippen molar-refractivity contribution in [2.24, 2.45) is 14.1 Å². The molecule has 0 aliphatic rings. The molecule has 2 aromatic rings. The highest BCUT2D eigenvalue weighted by Crippen LogP contribution is 2.25. The van der Waals surface area contributed by atoms with E-state index < -0.39 is 17.0 Å². The number of aryl methyl sites for hydroxylation is 1. The maximum Gasteiger partial charge on any atom is 0.330 e. The molecule has 0 saturated heterocycles. The molecule has 0 atom stereocenters. The monoisotopic (exact) mass is 312 g/mol. The number of hydrogen-bond donors (Lipinski definition) is 0. The smallest absolute Gasteiger partial charge is 0.303 e. The van der Waals surface area contributed by atoms with Crippen LogP contribution in [0.15, 0.2) is 34.0 Å². The highest BCUT2D eigenvalue weighted by atomic mass is 35.5. The number of rotatable bonds is 2. The minimum atomic E-state index is -0.686. The second-order valence-corrected chi connectivity index (χ2v) is 5.04. The molecule has 0 radical (unpaired) electrons. The summed E-state index contributed by atoms with van der Waals surface area (Å²) >= 11 is 11.9. The van der Waals surface area contributed by atoms with E-state index in [1.54, 1.807) is 6.07 Å². The van der Waals surface area contributed by atoms with Gasteiger partial charge in [-0.15, -0.1) is 0 Å². The molecule has 1 aromatic carbocycles. The SMILES string of the molecule is Cn1cc(C(=O)c2c(Cl)cccc2Cl)c(=O)n(C)c1=O. The summed E-state index contributed by atoms with van der Waals surface area (Å²) in [4.78, 5) is 36.0. The zero-order valence-corrected chi connectivity index (χ0v) is 12.2. The number of hydrogen-bond acceptors (Lipinski definition) is 3. The van der Waals surface area contributed by atoms with Crippen molar-refractivity contribution >= 4 is 29.0 Å². The van der Waals surface area contributed by atoms with Crippen molar-refractivity contribution in [3.63, 3.8) is 0 Å². The first-order chi connectivity index (χ1) is 9.34. The Morgan fingerprint density at radius 2 is 1.65 bits per heavy atom. The topological polar surface area (TPSA) is 61.1 Å². The molecule has 0 N–H and O–H groups in total. The Morgan fingerprint density at radius 3 is 2.20 bits per heavy atom. The standard InChI is InChI=1S/C13H10Cl2N2O3/c1-16-6-7(12(19)17(2)13(16)20)11(18)10-8(14)4-3-5-9(10)15/h3-6H,1-2H3. The molecule has 0 bridgehead atoms. The Bertz CT molecular complexity index is 801. The summed E-state index contributed by atoms with van der Waals surface area (Å²) < 4.78 is 2.01.